The summed E-state index contributed by atoms with van der Waals surface area (Å²) < 4.78 is 0. The second-order valence-electron chi connectivity index (χ2n) is 23.3. The number of benzene rings is 1. The lowest BCUT2D eigenvalue weighted by molar-refractivity contribution is -0.139. The number of nitrogens with one attached hydrogen (secondary N) is 10. The quantitative estimate of drug-likeness (QED) is 0.0687. The first-order valence-electron chi connectivity index (χ1n) is 30.2. The van der Waals surface area contributed by atoms with Crippen molar-refractivity contribution in [2.45, 2.75) is 213 Å². The summed E-state index contributed by atoms with van der Waals surface area (Å²) in [4.78, 5) is 157. The monoisotopic (exact) mass is 1200 g/mol. The highest BCUT2D eigenvalue weighted by molar-refractivity contribution is 6.02. The average molecular weight is 1200 g/mol. The Hall–Kier alpha value is -6.99. The number of amides is 11. The van der Waals surface area contributed by atoms with Gasteiger partial charge in [0.1, 0.15) is 54.0 Å². The normalized spacial score (nSPS) is 27.0. The van der Waals surface area contributed by atoms with Gasteiger partial charge in [0.05, 0.1) is 12.6 Å². The van der Waals surface area contributed by atoms with Gasteiger partial charge >= 0.3 is 0 Å². The summed E-state index contributed by atoms with van der Waals surface area (Å²) in [7, 11) is 0. The summed E-state index contributed by atoms with van der Waals surface area (Å²) in [5, 5.41) is 57.9. The lowest BCUT2D eigenvalue weighted by atomic mass is 9.93. The molecule has 11 amide bonds. The van der Waals surface area contributed by atoms with E-state index in [1.54, 1.807) is 44.2 Å². The molecule has 85 heavy (non-hydrogen) atoms. The first-order valence-corrected chi connectivity index (χ1v) is 30.2. The Kier molecular flexibility index (Phi) is 31.3. The van der Waals surface area contributed by atoms with Crippen LogP contribution in [0.5, 0.6) is 0 Å². The minimum Gasteiger partial charge on any atom is -0.396 e. The number of fused-ring (bicyclic) bond motifs is 1. The molecular formula is C60H97N11O14. The maximum Gasteiger partial charge on any atom is 0.270 e. The van der Waals surface area contributed by atoms with Gasteiger partial charge in [-0.2, -0.15) is 0 Å². The molecule has 2 aliphatic rings. The first-order chi connectivity index (χ1) is 40.3. The number of hydrogen-bond acceptors (Lipinski definition) is 14. The molecule has 25 heteroatoms. The number of allylic oxidation sites excluding steroid dienone is 1. The maximum atomic E-state index is 14.6. The van der Waals surface area contributed by atoms with Gasteiger partial charge in [0.15, 0.2) is 0 Å². The van der Waals surface area contributed by atoms with Crippen molar-refractivity contribution in [1.82, 2.24) is 58.1 Å². The third-order valence-corrected chi connectivity index (χ3v) is 15.3. The standard InChI is InChI=1S/C60H97N11O14/c1-11-15-17-22-39-30-48(75)63-42(23-25-72)53(78)64-41(14-4)60(85)71-33-40(74)31-47(71)57(82)65-43(24-26-73)54(79)67-46(29-38-20-18-16-19-21-38)55(80)66-45(28-35(7)8)56(81)69-51(37(10)13-3)59(84)70-50(36(9)12-2)58(83)68-44(27-34(5)6)52(77)61-32-49(76)62-39/h14,16,18-21,34-37,39-40,42-47,50-51,72-74H,11-13,15,17,22-33H2,1-10H3,(H,61,77)(H,62,76)(H,63,75)(H,64,78)(H,65,82)(H,66,80)(H,67,79)(H,68,83)(H,69,81)(H,70,84)/b41-14-/t36-,37-,39-,40?,42-,43-,44-,45-,46-,47-,50-,51-/m0/s1. The average Bonchev–Trinajstić information content (AvgIpc) is 3.93. The van der Waals surface area contributed by atoms with Crippen molar-refractivity contribution in [1.29, 1.82) is 0 Å². The van der Waals surface area contributed by atoms with Crippen LogP contribution in [0.15, 0.2) is 42.1 Å². The highest BCUT2D eigenvalue weighted by Gasteiger charge is 2.42. The largest absolute Gasteiger partial charge is 0.396 e. The maximum absolute atomic E-state index is 14.6. The van der Waals surface area contributed by atoms with Gasteiger partial charge in [0.2, 0.25) is 59.1 Å². The molecule has 13 N–H and O–H groups in total. The van der Waals surface area contributed by atoms with E-state index >= 15 is 0 Å². The Bertz CT molecular complexity index is 2440. The summed E-state index contributed by atoms with van der Waals surface area (Å²) in [6, 6.07) is -2.83. The molecule has 1 unspecified atom stereocenters. The Labute approximate surface area is 500 Å². The summed E-state index contributed by atoms with van der Waals surface area (Å²) in [6.45, 7) is 15.7. The fraction of sp³-hybridized carbons (Fsp3) is 0.683. The zero-order valence-corrected chi connectivity index (χ0v) is 51.3. The molecule has 25 nitrogen and oxygen atoms in total. The van der Waals surface area contributed by atoms with E-state index < -0.39 is 157 Å². The van der Waals surface area contributed by atoms with Gasteiger partial charge in [0, 0.05) is 45.1 Å². The van der Waals surface area contributed by atoms with Crippen LogP contribution in [-0.4, -0.2) is 172 Å². The molecule has 2 fully saturated rings. The van der Waals surface area contributed by atoms with E-state index in [9.17, 15) is 68.1 Å². The van der Waals surface area contributed by atoms with Crippen molar-refractivity contribution < 1.29 is 68.1 Å². The Balaban J connectivity index is 2.17. The van der Waals surface area contributed by atoms with Crippen LogP contribution < -0.4 is 53.2 Å². The Morgan fingerprint density at radius 2 is 1.07 bits per heavy atom. The topological polar surface area (TPSA) is 372 Å². The fourth-order valence-electron chi connectivity index (χ4n) is 10.1. The van der Waals surface area contributed by atoms with Crippen LogP contribution in [0, 0.1) is 23.7 Å². The summed E-state index contributed by atoms with van der Waals surface area (Å²) in [5.74, 6) is -10.0. The molecule has 476 valence electrons. The van der Waals surface area contributed by atoms with Crippen LogP contribution in [-0.2, 0) is 59.2 Å². The molecule has 0 saturated carbocycles. The van der Waals surface area contributed by atoms with Crippen molar-refractivity contribution in [2.75, 3.05) is 26.3 Å². The first kappa shape index (κ1) is 72.3. The van der Waals surface area contributed by atoms with Gasteiger partial charge in [-0.05, 0) is 68.3 Å². The minimum atomic E-state index is -1.52. The van der Waals surface area contributed by atoms with E-state index in [-0.39, 0.29) is 69.0 Å². The number of aliphatic hydroxyl groups is 3. The smallest absolute Gasteiger partial charge is 0.270 e. The molecule has 0 aromatic heterocycles. The zero-order chi connectivity index (χ0) is 63.5. The molecule has 0 spiro atoms. The van der Waals surface area contributed by atoms with Gasteiger partial charge in [-0.25, -0.2) is 0 Å². The molecule has 0 bridgehead atoms. The lowest BCUT2D eigenvalue weighted by Crippen LogP contribution is -2.62. The second-order valence-corrected chi connectivity index (χ2v) is 23.3. The number of nitrogens with zero attached hydrogens (tertiary/aromatic N) is 1. The zero-order valence-electron chi connectivity index (χ0n) is 51.3. The molecule has 0 radical (unpaired) electrons. The molecule has 1 aromatic carbocycles. The van der Waals surface area contributed by atoms with Gasteiger partial charge < -0.3 is 73.4 Å². The molecule has 2 aliphatic heterocycles. The lowest BCUT2D eigenvalue weighted by Gasteiger charge is -2.31. The van der Waals surface area contributed by atoms with Crippen LogP contribution in [0.25, 0.3) is 0 Å². The molecule has 1 aromatic rings. The summed E-state index contributed by atoms with van der Waals surface area (Å²) >= 11 is 0. The predicted molar refractivity (Wildman–Crippen MR) is 317 cm³/mol. The third kappa shape index (κ3) is 23.8. The number of aliphatic hydroxyl groups excluding tert-OH is 3. The molecular weight excluding hydrogens is 1100 g/mol. The highest BCUT2D eigenvalue weighted by atomic mass is 16.3. The van der Waals surface area contributed by atoms with Crippen LogP contribution in [0.2, 0.25) is 0 Å². The van der Waals surface area contributed by atoms with Crippen molar-refractivity contribution in [3.63, 3.8) is 0 Å². The van der Waals surface area contributed by atoms with E-state index in [4.69, 9.17) is 0 Å². The SMILES string of the molecule is C/C=C1\NC(=O)[C@H](CCO)NC(=O)C[C@H](CCCCC)NC(=O)CNC(=O)[C@H](CC(C)C)NC(=O)[C@H]([C@@H](C)CC)NC(=O)[C@H]([C@@H](C)CC)NC(=O)[C@H](CC(C)C)NC(=O)[C@H](Cc2ccccc2)NC(=O)[C@H](CCO)NC(=O)[C@@H]2CC(O)CN2C1=O. The van der Waals surface area contributed by atoms with Crippen LogP contribution in [0.1, 0.15) is 152 Å². The van der Waals surface area contributed by atoms with E-state index in [0.717, 1.165) is 17.7 Å². The van der Waals surface area contributed by atoms with E-state index in [1.807, 2.05) is 48.5 Å². The summed E-state index contributed by atoms with van der Waals surface area (Å²) in [5.41, 5.74) is 0.241. The van der Waals surface area contributed by atoms with Crippen molar-refractivity contribution >= 4 is 65.0 Å². The molecule has 2 heterocycles. The number of carbonyl (C=O) groups excluding carboxylic acids is 11. The molecule has 2 saturated heterocycles. The Morgan fingerprint density at radius 3 is 1.62 bits per heavy atom. The van der Waals surface area contributed by atoms with Crippen molar-refractivity contribution in [3.8, 4) is 0 Å². The van der Waals surface area contributed by atoms with E-state index in [1.165, 1.54) is 13.0 Å². The number of hydrogen-bond donors (Lipinski definition) is 13. The minimum absolute atomic E-state index is 0.0703. The highest BCUT2D eigenvalue weighted by Crippen LogP contribution is 2.22. The molecule has 3 rings (SSSR count). The van der Waals surface area contributed by atoms with Crippen LogP contribution >= 0.6 is 0 Å². The molecule has 12 atom stereocenters. The van der Waals surface area contributed by atoms with Gasteiger partial charge in [0.25, 0.3) is 5.91 Å². The number of carbonyl (C=O) groups is 11. The predicted octanol–water partition coefficient (Wildman–Crippen LogP) is 0.139. The van der Waals surface area contributed by atoms with Crippen LogP contribution in [0.4, 0.5) is 0 Å². The fourth-order valence-corrected chi connectivity index (χ4v) is 10.1. The molecule has 0 aliphatic carbocycles. The van der Waals surface area contributed by atoms with Crippen LogP contribution in [0.3, 0.4) is 0 Å². The van der Waals surface area contributed by atoms with E-state index in [0.29, 0.717) is 31.2 Å². The van der Waals surface area contributed by atoms with Crippen molar-refractivity contribution in [3.05, 3.63) is 47.7 Å². The number of unbranched alkanes of at least 4 members (excludes halogenated alkanes) is 2. The summed E-state index contributed by atoms with van der Waals surface area (Å²) in [6.07, 6.45) is 2.09. The van der Waals surface area contributed by atoms with Gasteiger partial charge in [-0.15, -0.1) is 0 Å². The Morgan fingerprint density at radius 1 is 0.565 bits per heavy atom. The van der Waals surface area contributed by atoms with E-state index in [2.05, 4.69) is 53.2 Å². The number of rotatable bonds is 18. The van der Waals surface area contributed by atoms with Gasteiger partial charge in [-0.1, -0.05) is 131 Å². The third-order valence-electron chi connectivity index (χ3n) is 15.3. The van der Waals surface area contributed by atoms with Gasteiger partial charge in [-0.3, -0.25) is 52.7 Å². The van der Waals surface area contributed by atoms with Crippen molar-refractivity contribution in [2.24, 2.45) is 23.7 Å². The second kappa shape index (κ2) is 36.8.